The van der Waals surface area contributed by atoms with Crippen LogP contribution in [0.15, 0.2) is 24.3 Å². The maximum absolute atomic E-state index is 13.6. The summed E-state index contributed by atoms with van der Waals surface area (Å²) < 4.78 is 13.6. The van der Waals surface area contributed by atoms with Crippen molar-refractivity contribution in [3.8, 4) is 0 Å². The van der Waals surface area contributed by atoms with Crippen LogP contribution in [0.1, 0.15) is 37.7 Å². The number of carbonyl (C=O) groups is 1. The second-order valence-corrected chi connectivity index (χ2v) is 5.62. The molecule has 1 fully saturated rings. The largest absolute Gasteiger partial charge is 0.356 e. The van der Waals surface area contributed by atoms with Crippen LogP contribution in [0.25, 0.3) is 0 Å². The van der Waals surface area contributed by atoms with E-state index < -0.39 is 0 Å². The molecule has 0 radical (unpaired) electrons. The van der Waals surface area contributed by atoms with Gasteiger partial charge in [0.15, 0.2) is 0 Å². The Morgan fingerprint density at radius 1 is 1.50 bits per heavy atom. The SMILES string of the molecule is CC(CC(=O)NCCC1CCNC1)c1ccccc1F. The topological polar surface area (TPSA) is 41.1 Å². The lowest BCUT2D eigenvalue weighted by molar-refractivity contribution is -0.121. The number of benzene rings is 1. The highest BCUT2D eigenvalue weighted by Crippen LogP contribution is 2.21. The van der Waals surface area contributed by atoms with Crippen molar-refractivity contribution in [2.24, 2.45) is 5.92 Å². The molecule has 2 rings (SSSR count). The number of hydrogen-bond donors (Lipinski definition) is 2. The minimum atomic E-state index is -0.232. The normalized spacial score (nSPS) is 19.8. The van der Waals surface area contributed by atoms with Crippen LogP contribution in [0, 0.1) is 11.7 Å². The fraction of sp³-hybridized carbons (Fsp3) is 0.562. The van der Waals surface area contributed by atoms with Gasteiger partial charge in [0.1, 0.15) is 5.82 Å². The third kappa shape index (κ3) is 4.30. The first-order chi connectivity index (χ1) is 9.66. The van der Waals surface area contributed by atoms with Crippen LogP contribution in [0.5, 0.6) is 0 Å². The van der Waals surface area contributed by atoms with Crippen LogP contribution in [0.4, 0.5) is 4.39 Å². The standard InChI is InChI=1S/C16H23FN2O/c1-12(14-4-2-3-5-15(14)17)10-16(20)19-9-7-13-6-8-18-11-13/h2-5,12-13,18H,6-11H2,1H3,(H,19,20). The molecule has 1 aliphatic heterocycles. The van der Waals surface area contributed by atoms with E-state index in [0.29, 0.717) is 17.9 Å². The highest BCUT2D eigenvalue weighted by Gasteiger charge is 2.16. The average molecular weight is 278 g/mol. The Kier molecular flexibility index (Phi) is 5.53. The summed E-state index contributed by atoms with van der Waals surface area (Å²) in [6.07, 6.45) is 2.55. The molecule has 2 unspecified atom stereocenters. The molecule has 3 nitrogen and oxygen atoms in total. The fourth-order valence-corrected chi connectivity index (χ4v) is 2.71. The maximum Gasteiger partial charge on any atom is 0.220 e. The number of hydrogen-bond acceptors (Lipinski definition) is 2. The van der Waals surface area contributed by atoms with Crippen LogP contribution in [0.2, 0.25) is 0 Å². The molecular weight excluding hydrogens is 255 g/mol. The van der Waals surface area contributed by atoms with E-state index in [4.69, 9.17) is 0 Å². The van der Waals surface area contributed by atoms with E-state index in [2.05, 4.69) is 10.6 Å². The number of nitrogens with one attached hydrogen (secondary N) is 2. The van der Waals surface area contributed by atoms with Crippen LogP contribution >= 0.6 is 0 Å². The molecule has 0 spiro atoms. The molecule has 1 aromatic carbocycles. The van der Waals surface area contributed by atoms with Gasteiger partial charge in [0.2, 0.25) is 5.91 Å². The highest BCUT2D eigenvalue weighted by molar-refractivity contribution is 5.76. The van der Waals surface area contributed by atoms with Crippen molar-refractivity contribution in [3.05, 3.63) is 35.6 Å². The van der Waals surface area contributed by atoms with Gasteiger partial charge in [-0.25, -0.2) is 4.39 Å². The summed E-state index contributed by atoms with van der Waals surface area (Å²) in [5.41, 5.74) is 0.614. The van der Waals surface area contributed by atoms with Gasteiger partial charge in [0, 0.05) is 13.0 Å². The highest BCUT2D eigenvalue weighted by atomic mass is 19.1. The summed E-state index contributed by atoms with van der Waals surface area (Å²) in [6, 6.07) is 6.66. The fourth-order valence-electron chi connectivity index (χ4n) is 2.71. The summed E-state index contributed by atoms with van der Waals surface area (Å²) in [5, 5.41) is 6.26. The molecule has 1 saturated heterocycles. The van der Waals surface area contributed by atoms with E-state index >= 15 is 0 Å². The zero-order chi connectivity index (χ0) is 14.4. The second-order valence-electron chi connectivity index (χ2n) is 5.62. The zero-order valence-corrected chi connectivity index (χ0v) is 12.0. The number of rotatable bonds is 6. The van der Waals surface area contributed by atoms with E-state index in [1.165, 1.54) is 12.5 Å². The van der Waals surface area contributed by atoms with Crippen molar-refractivity contribution in [3.63, 3.8) is 0 Å². The molecule has 1 amide bonds. The maximum atomic E-state index is 13.6. The summed E-state index contributed by atoms with van der Waals surface area (Å²) in [6.45, 7) is 4.75. The molecule has 1 heterocycles. The molecule has 1 aliphatic rings. The molecular formula is C16H23FN2O. The lowest BCUT2D eigenvalue weighted by Crippen LogP contribution is -2.27. The summed E-state index contributed by atoms with van der Waals surface area (Å²) in [5.74, 6) is 0.361. The molecule has 110 valence electrons. The van der Waals surface area contributed by atoms with Crippen LogP contribution < -0.4 is 10.6 Å². The minimum Gasteiger partial charge on any atom is -0.356 e. The lowest BCUT2D eigenvalue weighted by atomic mass is 9.97. The number of amides is 1. The summed E-state index contributed by atoms with van der Waals surface area (Å²) in [4.78, 5) is 11.9. The van der Waals surface area contributed by atoms with Crippen LogP contribution in [-0.2, 0) is 4.79 Å². The van der Waals surface area contributed by atoms with E-state index in [1.54, 1.807) is 18.2 Å². The van der Waals surface area contributed by atoms with Crippen molar-refractivity contribution in [2.45, 2.75) is 32.1 Å². The predicted octanol–water partition coefficient (Wildman–Crippen LogP) is 2.44. The Hall–Kier alpha value is -1.42. The van der Waals surface area contributed by atoms with Gasteiger partial charge < -0.3 is 10.6 Å². The lowest BCUT2D eigenvalue weighted by Gasteiger charge is -2.14. The van der Waals surface area contributed by atoms with Gasteiger partial charge in [-0.2, -0.15) is 0 Å². The summed E-state index contributed by atoms with van der Waals surface area (Å²) >= 11 is 0. The van der Waals surface area contributed by atoms with Gasteiger partial charge in [-0.3, -0.25) is 4.79 Å². The predicted molar refractivity (Wildman–Crippen MR) is 78.0 cm³/mol. The molecule has 2 atom stereocenters. The third-order valence-corrected chi connectivity index (χ3v) is 3.96. The Morgan fingerprint density at radius 3 is 3.00 bits per heavy atom. The molecule has 0 aromatic heterocycles. The molecule has 0 saturated carbocycles. The van der Waals surface area contributed by atoms with E-state index in [-0.39, 0.29) is 17.6 Å². The van der Waals surface area contributed by atoms with Crippen molar-refractivity contribution in [2.75, 3.05) is 19.6 Å². The van der Waals surface area contributed by atoms with Gasteiger partial charge in [0.25, 0.3) is 0 Å². The Balaban J connectivity index is 1.72. The molecule has 0 bridgehead atoms. The molecule has 0 aliphatic carbocycles. The average Bonchev–Trinajstić information content (AvgIpc) is 2.92. The minimum absolute atomic E-state index is 0.00621. The van der Waals surface area contributed by atoms with Gasteiger partial charge in [-0.05, 0) is 49.4 Å². The van der Waals surface area contributed by atoms with Crippen molar-refractivity contribution < 1.29 is 9.18 Å². The Morgan fingerprint density at radius 2 is 2.30 bits per heavy atom. The van der Waals surface area contributed by atoms with Crippen LogP contribution in [-0.4, -0.2) is 25.5 Å². The molecule has 4 heteroatoms. The van der Waals surface area contributed by atoms with Crippen molar-refractivity contribution in [1.29, 1.82) is 0 Å². The number of carbonyl (C=O) groups excluding carboxylic acids is 1. The van der Waals surface area contributed by atoms with Gasteiger partial charge in [0.05, 0.1) is 0 Å². The monoisotopic (exact) mass is 278 g/mol. The smallest absolute Gasteiger partial charge is 0.220 e. The van der Waals surface area contributed by atoms with Crippen molar-refractivity contribution in [1.82, 2.24) is 10.6 Å². The van der Waals surface area contributed by atoms with E-state index in [1.807, 2.05) is 6.92 Å². The Labute approximate surface area is 120 Å². The molecule has 20 heavy (non-hydrogen) atoms. The van der Waals surface area contributed by atoms with E-state index in [0.717, 1.165) is 26.1 Å². The van der Waals surface area contributed by atoms with Gasteiger partial charge in [-0.15, -0.1) is 0 Å². The first kappa shape index (κ1) is 15.0. The first-order valence-electron chi connectivity index (χ1n) is 7.38. The number of halogens is 1. The Bertz CT molecular complexity index is 444. The van der Waals surface area contributed by atoms with Crippen LogP contribution in [0.3, 0.4) is 0 Å². The van der Waals surface area contributed by atoms with E-state index in [9.17, 15) is 9.18 Å². The van der Waals surface area contributed by atoms with Crippen molar-refractivity contribution >= 4 is 5.91 Å². The first-order valence-corrected chi connectivity index (χ1v) is 7.38. The second kappa shape index (κ2) is 7.39. The third-order valence-electron chi connectivity index (χ3n) is 3.96. The van der Waals surface area contributed by atoms with Gasteiger partial charge in [-0.1, -0.05) is 25.1 Å². The molecule has 2 N–H and O–H groups in total. The molecule has 1 aromatic rings. The summed E-state index contributed by atoms with van der Waals surface area (Å²) in [7, 11) is 0. The zero-order valence-electron chi connectivity index (χ0n) is 12.0. The van der Waals surface area contributed by atoms with Gasteiger partial charge >= 0.3 is 0 Å². The quantitative estimate of drug-likeness (QED) is 0.839.